The van der Waals surface area contributed by atoms with Gasteiger partial charge in [0.2, 0.25) is 0 Å². The van der Waals surface area contributed by atoms with E-state index in [2.05, 4.69) is 48.5 Å². The molecular formula is C20H32O2. The molecule has 22 heavy (non-hydrogen) atoms. The number of carbonyl (C=O) groups is 1. The minimum absolute atomic E-state index is 0.0624. The summed E-state index contributed by atoms with van der Waals surface area (Å²) in [5, 5.41) is 0. The highest BCUT2D eigenvalue weighted by Crippen LogP contribution is 2.41. The Bertz CT molecular complexity index is 493. The zero-order chi connectivity index (χ0) is 17.1. The summed E-state index contributed by atoms with van der Waals surface area (Å²) in [7, 11) is 0. The maximum Gasteiger partial charge on any atom is 0.162 e. The van der Waals surface area contributed by atoms with Gasteiger partial charge < -0.3 is 4.74 Å². The lowest BCUT2D eigenvalue weighted by Gasteiger charge is -2.30. The first-order chi connectivity index (χ1) is 10.0. The van der Waals surface area contributed by atoms with Crippen LogP contribution in [0.3, 0.4) is 0 Å². The number of benzene rings is 1. The molecule has 1 aromatic carbocycles. The van der Waals surface area contributed by atoms with Crippen molar-refractivity contribution in [1.82, 2.24) is 0 Å². The van der Waals surface area contributed by atoms with E-state index in [1.165, 1.54) is 0 Å². The summed E-state index contributed by atoms with van der Waals surface area (Å²) in [4.78, 5) is 12.3. The van der Waals surface area contributed by atoms with E-state index in [1.807, 2.05) is 19.1 Å². The van der Waals surface area contributed by atoms with E-state index in [0.29, 0.717) is 13.0 Å². The Labute approximate surface area is 136 Å². The standard InChI is InChI=1S/C20H32O2/c1-9-11-22-18-15(19(3,4)5)12-14(17(21)10-2)13-16(18)20(6,7)8/h12-13H,9-11H2,1-8H3. The van der Waals surface area contributed by atoms with Crippen molar-refractivity contribution in [3.63, 3.8) is 0 Å². The van der Waals surface area contributed by atoms with E-state index in [4.69, 9.17) is 4.74 Å². The second kappa shape index (κ2) is 6.85. The molecule has 2 heteroatoms. The van der Waals surface area contributed by atoms with E-state index in [1.54, 1.807) is 0 Å². The van der Waals surface area contributed by atoms with E-state index >= 15 is 0 Å². The molecule has 0 aromatic heterocycles. The van der Waals surface area contributed by atoms with Crippen molar-refractivity contribution in [2.24, 2.45) is 0 Å². The SMILES string of the molecule is CCCOc1c(C(C)(C)C)cc(C(=O)CC)cc1C(C)(C)C. The number of rotatable bonds is 5. The summed E-state index contributed by atoms with van der Waals surface area (Å²) in [6, 6.07) is 4.07. The van der Waals surface area contributed by atoms with Gasteiger partial charge in [-0.05, 0) is 29.4 Å². The van der Waals surface area contributed by atoms with Crippen LogP contribution in [0.25, 0.3) is 0 Å². The van der Waals surface area contributed by atoms with Crippen LogP contribution in [0.15, 0.2) is 12.1 Å². The third-order valence-corrected chi connectivity index (χ3v) is 3.80. The molecular weight excluding hydrogens is 272 g/mol. The van der Waals surface area contributed by atoms with Crippen molar-refractivity contribution in [1.29, 1.82) is 0 Å². The van der Waals surface area contributed by atoms with Crippen LogP contribution in [0.1, 0.15) is 89.7 Å². The van der Waals surface area contributed by atoms with Crippen LogP contribution >= 0.6 is 0 Å². The van der Waals surface area contributed by atoms with Crippen LogP contribution in [0.4, 0.5) is 0 Å². The third-order valence-electron chi connectivity index (χ3n) is 3.80. The van der Waals surface area contributed by atoms with Crippen LogP contribution in [-0.2, 0) is 10.8 Å². The molecule has 124 valence electrons. The lowest BCUT2D eigenvalue weighted by atomic mass is 9.78. The highest BCUT2D eigenvalue weighted by atomic mass is 16.5. The number of ketones is 1. The molecule has 0 saturated carbocycles. The highest BCUT2D eigenvalue weighted by Gasteiger charge is 2.28. The van der Waals surface area contributed by atoms with Gasteiger partial charge in [-0.25, -0.2) is 0 Å². The zero-order valence-corrected chi connectivity index (χ0v) is 15.6. The fourth-order valence-electron chi connectivity index (χ4n) is 2.47. The van der Waals surface area contributed by atoms with Crippen molar-refractivity contribution in [3.8, 4) is 5.75 Å². The van der Waals surface area contributed by atoms with Gasteiger partial charge in [-0.1, -0.05) is 55.4 Å². The lowest BCUT2D eigenvalue weighted by molar-refractivity contribution is 0.0988. The number of hydrogen-bond acceptors (Lipinski definition) is 2. The van der Waals surface area contributed by atoms with Crippen molar-refractivity contribution in [3.05, 3.63) is 28.8 Å². The molecule has 0 unspecified atom stereocenters. The van der Waals surface area contributed by atoms with Crippen molar-refractivity contribution < 1.29 is 9.53 Å². The summed E-state index contributed by atoms with van der Waals surface area (Å²) < 4.78 is 6.13. The average molecular weight is 304 g/mol. The Morgan fingerprint density at radius 1 is 0.955 bits per heavy atom. The normalized spacial score (nSPS) is 12.4. The van der Waals surface area contributed by atoms with Crippen molar-refractivity contribution in [2.45, 2.75) is 79.1 Å². The van der Waals surface area contributed by atoms with Crippen molar-refractivity contribution in [2.75, 3.05) is 6.61 Å². The van der Waals surface area contributed by atoms with Gasteiger partial charge in [-0.3, -0.25) is 4.79 Å². The van der Waals surface area contributed by atoms with Gasteiger partial charge in [-0.2, -0.15) is 0 Å². The van der Waals surface area contributed by atoms with Gasteiger partial charge >= 0.3 is 0 Å². The summed E-state index contributed by atoms with van der Waals surface area (Å²) in [6.07, 6.45) is 1.51. The smallest absolute Gasteiger partial charge is 0.162 e. The molecule has 0 spiro atoms. The summed E-state index contributed by atoms with van der Waals surface area (Å²) in [5.41, 5.74) is 2.94. The van der Waals surface area contributed by atoms with Crippen LogP contribution < -0.4 is 4.74 Å². The van der Waals surface area contributed by atoms with E-state index < -0.39 is 0 Å². The fourth-order valence-corrected chi connectivity index (χ4v) is 2.47. The van der Waals surface area contributed by atoms with E-state index in [9.17, 15) is 4.79 Å². The number of hydrogen-bond donors (Lipinski definition) is 0. The van der Waals surface area contributed by atoms with Gasteiger partial charge in [0.05, 0.1) is 6.61 Å². The molecule has 0 radical (unpaired) electrons. The molecule has 0 aliphatic rings. The molecule has 0 atom stereocenters. The number of ether oxygens (including phenoxy) is 1. The first kappa shape index (κ1) is 18.7. The Morgan fingerprint density at radius 2 is 1.41 bits per heavy atom. The molecule has 2 nitrogen and oxygen atoms in total. The quantitative estimate of drug-likeness (QED) is 0.656. The highest BCUT2D eigenvalue weighted by molar-refractivity contribution is 5.96. The summed E-state index contributed by atoms with van der Waals surface area (Å²) >= 11 is 0. The largest absolute Gasteiger partial charge is 0.493 e. The maximum atomic E-state index is 12.3. The number of carbonyl (C=O) groups excluding carboxylic acids is 1. The molecule has 0 bridgehead atoms. The molecule has 0 heterocycles. The first-order valence-electron chi connectivity index (χ1n) is 8.37. The fraction of sp³-hybridized carbons (Fsp3) is 0.650. The van der Waals surface area contributed by atoms with E-state index in [0.717, 1.165) is 28.9 Å². The minimum Gasteiger partial charge on any atom is -0.493 e. The molecule has 0 aliphatic carbocycles. The van der Waals surface area contributed by atoms with Gasteiger partial charge in [0.25, 0.3) is 0 Å². The number of Topliss-reactive ketones (excluding diaryl/α,β-unsaturated/α-hetero) is 1. The zero-order valence-electron chi connectivity index (χ0n) is 15.6. The van der Waals surface area contributed by atoms with Crippen LogP contribution in [-0.4, -0.2) is 12.4 Å². The molecule has 1 aromatic rings. The van der Waals surface area contributed by atoms with Gasteiger partial charge in [0.1, 0.15) is 5.75 Å². The second-order valence-corrected chi connectivity index (χ2v) is 8.03. The van der Waals surface area contributed by atoms with Crippen molar-refractivity contribution >= 4 is 5.78 Å². The average Bonchev–Trinajstić information content (AvgIpc) is 2.41. The van der Waals surface area contributed by atoms with E-state index in [-0.39, 0.29) is 16.6 Å². The van der Waals surface area contributed by atoms with Crippen LogP contribution in [0.2, 0.25) is 0 Å². The third kappa shape index (κ3) is 4.34. The topological polar surface area (TPSA) is 26.3 Å². The predicted molar refractivity (Wildman–Crippen MR) is 94.2 cm³/mol. The molecule has 0 aliphatic heterocycles. The predicted octanol–water partition coefficient (Wildman–Crippen LogP) is 5.66. The minimum atomic E-state index is -0.0624. The Hall–Kier alpha value is -1.31. The Balaban J connectivity index is 3.65. The van der Waals surface area contributed by atoms with Crippen LogP contribution in [0.5, 0.6) is 5.75 Å². The maximum absolute atomic E-state index is 12.3. The van der Waals surface area contributed by atoms with Gasteiger partial charge in [0, 0.05) is 23.1 Å². The summed E-state index contributed by atoms with van der Waals surface area (Å²) in [5.74, 6) is 1.16. The molecule has 0 amide bonds. The second-order valence-electron chi connectivity index (χ2n) is 8.03. The monoisotopic (exact) mass is 304 g/mol. The first-order valence-corrected chi connectivity index (χ1v) is 8.37. The van der Waals surface area contributed by atoms with Gasteiger partial charge in [0.15, 0.2) is 5.78 Å². The molecule has 0 fully saturated rings. The van der Waals surface area contributed by atoms with Crippen LogP contribution in [0, 0.1) is 0 Å². The Kier molecular flexibility index (Phi) is 5.83. The molecule has 0 saturated heterocycles. The molecule has 1 rings (SSSR count). The molecule has 0 N–H and O–H groups in total. The summed E-state index contributed by atoms with van der Waals surface area (Å²) in [6.45, 7) is 17.8. The Morgan fingerprint density at radius 3 is 1.73 bits per heavy atom. The lowest BCUT2D eigenvalue weighted by Crippen LogP contribution is -2.21. The van der Waals surface area contributed by atoms with Gasteiger partial charge in [-0.15, -0.1) is 0 Å².